The summed E-state index contributed by atoms with van der Waals surface area (Å²) in [5.41, 5.74) is 9.37. The van der Waals surface area contributed by atoms with Crippen LogP contribution in [0.15, 0.2) is 66.7 Å². The second-order valence-corrected chi connectivity index (χ2v) is 8.47. The van der Waals surface area contributed by atoms with Crippen LogP contribution in [0.25, 0.3) is 22.3 Å². The third kappa shape index (κ3) is 5.26. The van der Waals surface area contributed by atoms with Crippen molar-refractivity contribution in [1.29, 1.82) is 5.41 Å². The Hall–Kier alpha value is -4.50. The van der Waals surface area contributed by atoms with Gasteiger partial charge in [-0.3, -0.25) is 4.79 Å². The van der Waals surface area contributed by atoms with Crippen LogP contribution in [0.2, 0.25) is 0 Å². The van der Waals surface area contributed by atoms with Crippen LogP contribution in [-0.4, -0.2) is 48.0 Å². The molecule has 0 saturated carbocycles. The molecule has 1 aliphatic heterocycles. The van der Waals surface area contributed by atoms with Crippen molar-refractivity contribution in [2.45, 2.75) is 12.5 Å². The predicted octanol–water partition coefficient (Wildman–Crippen LogP) is 3.90. The molecule has 1 amide bonds. The van der Waals surface area contributed by atoms with Crippen molar-refractivity contribution in [2.75, 3.05) is 30.9 Å². The van der Waals surface area contributed by atoms with E-state index in [9.17, 15) is 4.79 Å². The zero-order valence-corrected chi connectivity index (χ0v) is 19.5. The molecule has 5 N–H and O–H groups in total. The Balaban J connectivity index is 1.40. The van der Waals surface area contributed by atoms with Gasteiger partial charge in [-0.2, -0.15) is 0 Å². The highest BCUT2D eigenvalue weighted by molar-refractivity contribution is 5.93. The lowest BCUT2D eigenvalue weighted by molar-refractivity contribution is -0.123. The van der Waals surface area contributed by atoms with Crippen molar-refractivity contribution in [3.8, 4) is 17.1 Å². The van der Waals surface area contributed by atoms with Crippen molar-refractivity contribution >= 4 is 40.2 Å². The molecule has 0 spiro atoms. The number of nitrogen functional groups attached to an aromatic ring is 1. The molecule has 0 unspecified atom stereocenters. The van der Waals surface area contributed by atoms with Gasteiger partial charge in [0, 0.05) is 40.7 Å². The first-order valence-corrected chi connectivity index (χ1v) is 11.6. The maximum Gasteiger partial charge on any atom is 0.258 e. The van der Waals surface area contributed by atoms with Gasteiger partial charge in [-0.15, -0.1) is 0 Å². The minimum Gasteiger partial charge on any atom is -0.484 e. The summed E-state index contributed by atoms with van der Waals surface area (Å²) in [5.74, 6) is 1.50. The standard InChI is InChI=1S/C27H26N6O3/c28-14-18-12-19(8-9-23(18)29)31-27-22-6-1-2-7-24(22)32-26(33-27)17-4-3-5-21(13-17)36-16-25(34)30-20-10-11-35-15-20/h1-9,12-14,20,28H,10-11,15-16,29H2,(H,30,34)(H,31,32,33)/t20-/m1/s1. The lowest BCUT2D eigenvalue weighted by Gasteiger charge is -2.13. The minimum absolute atomic E-state index is 0.0421. The lowest BCUT2D eigenvalue weighted by atomic mass is 10.1. The number of benzene rings is 3. The zero-order chi connectivity index (χ0) is 24.9. The largest absolute Gasteiger partial charge is 0.484 e. The number of nitrogens with two attached hydrogens (primary N) is 1. The third-order valence-corrected chi connectivity index (χ3v) is 5.87. The highest BCUT2D eigenvalue weighted by Crippen LogP contribution is 2.29. The molecule has 4 aromatic rings. The molecule has 0 radical (unpaired) electrons. The van der Waals surface area contributed by atoms with E-state index in [0.717, 1.165) is 28.6 Å². The quantitative estimate of drug-likeness (QED) is 0.221. The first-order valence-electron chi connectivity index (χ1n) is 11.6. The predicted molar refractivity (Wildman–Crippen MR) is 140 cm³/mol. The van der Waals surface area contributed by atoms with Gasteiger partial charge in [-0.25, -0.2) is 9.97 Å². The van der Waals surface area contributed by atoms with Gasteiger partial charge in [0.25, 0.3) is 5.91 Å². The number of carbonyl (C=O) groups is 1. The van der Waals surface area contributed by atoms with Crippen LogP contribution in [0.4, 0.5) is 17.2 Å². The maximum atomic E-state index is 12.2. The average Bonchev–Trinajstić information content (AvgIpc) is 3.41. The van der Waals surface area contributed by atoms with Crippen LogP contribution in [0, 0.1) is 5.41 Å². The van der Waals surface area contributed by atoms with E-state index in [-0.39, 0.29) is 18.6 Å². The summed E-state index contributed by atoms with van der Waals surface area (Å²) in [7, 11) is 0. The molecular weight excluding hydrogens is 456 g/mol. The molecule has 1 saturated heterocycles. The Labute approximate surface area is 208 Å². The minimum atomic E-state index is -0.183. The molecule has 3 aromatic carbocycles. The maximum absolute atomic E-state index is 12.2. The number of para-hydroxylation sites is 1. The van der Waals surface area contributed by atoms with Crippen LogP contribution in [0.3, 0.4) is 0 Å². The number of ether oxygens (including phenoxy) is 2. The number of anilines is 3. The fourth-order valence-corrected chi connectivity index (χ4v) is 4.01. The topological polar surface area (TPSA) is 135 Å². The SMILES string of the molecule is N=Cc1cc(Nc2nc(-c3cccc(OCC(=O)N[C@@H]4CCOC4)c3)nc3ccccc23)ccc1N. The van der Waals surface area contributed by atoms with Gasteiger partial charge in [0.05, 0.1) is 18.2 Å². The lowest BCUT2D eigenvalue weighted by Crippen LogP contribution is -2.38. The first-order chi connectivity index (χ1) is 17.6. The molecule has 1 aliphatic rings. The summed E-state index contributed by atoms with van der Waals surface area (Å²) >= 11 is 0. The second-order valence-electron chi connectivity index (χ2n) is 8.47. The Kier molecular flexibility index (Phi) is 6.72. The number of rotatable bonds is 8. The molecule has 0 aliphatic carbocycles. The number of nitrogens with one attached hydrogen (secondary N) is 3. The van der Waals surface area contributed by atoms with E-state index in [0.29, 0.717) is 41.9 Å². The van der Waals surface area contributed by atoms with E-state index in [1.807, 2.05) is 48.5 Å². The van der Waals surface area contributed by atoms with Gasteiger partial charge in [0.2, 0.25) is 0 Å². The second kappa shape index (κ2) is 10.4. The summed E-state index contributed by atoms with van der Waals surface area (Å²) in [6, 6.07) is 20.5. The van der Waals surface area contributed by atoms with E-state index in [1.165, 1.54) is 6.21 Å². The Morgan fingerprint density at radius 1 is 1.14 bits per heavy atom. The molecule has 9 heteroatoms. The van der Waals surface area contributed by atoms with Crippen LogP contribution in [-0.2, 0) is 9.53 Å². The highest BCUT2D eigenvalue weighted by atomic mass is 16.5. The molecule has 2 heterocycles. The summed E-state index contributed by atoms with van der Waals surface area (Å²) in [4.78, 5) is 21.7. The Morgan fingerprint density at radius 3 is 2.86 bits per heavy atom. The molecular formula is C27H26N6O3. The van der Waals surface area contributed by atoms with Crippen LogP contribution in [0.5, 0.6) is 5.75 Å². The number of amides is 1. The number of carbonyl (C=O) groups excluding carboxylic acids is 1. The van der Waals surface area contributed by atoms with Crippen LogP contribution in [0.1, 0.15) is 12.0 Å². The highest BCUT2D eigenvalue weighted by Gasteiger charge is 2.18. The van der Waals surface area contributed by atoms with Gasteiger partial charge in [-0.05, 0) is 48.9 Å². The molecule has 5 rings (SSSR count). The summed E-state index contributed by atoms with van der Waals surface area (Å²) < 4.78 is 11.0. The first kappa shape index (κ1) is 23.3. The molecule has 182 valence electrons. The molecule has 0 bridgehead atoms. The molecule has 1 atom stereocenters. The van der Waals surface area contributed by atoms with Crippen molar-refractivity contribution < 1.29 is 14.3 Å². The van der Waals surface area contributed by atoms with E-state index >= 15 is 0 Å². The summed E-state index contributed by atoms with van der Waals surface area (Å²) in [6.07, 6.45) is 2.03. The van der Waals surface area contributed by atoms with E-state index in [4.69, 9.17) is 30.6 Å². The molecule has 9 nitrogen and oxygen atoms in total. The van der Waals surface area contributed by atoms with Crippen LogP contribution >= 0.6 is 0 Å². The average molecular weight is 483 g/mol. The Bertz CT molecular complexity index is 1420. The van der Waals surface area contributed by atoms with Crippen molar-refractivity contribution in [3.05, 3.63) is 72.3 Å². The van der Waals surface area contributed by atoms with E-state index in [1.54, 1.807) is 18.2 Å². The van der Waals surface area contributed by atoms with Crippen LogP contribution < -0.4 is 21.1 Å². The van der Waals surface area contributed by atoms with Crippen molar-refractivity contribution in [1.82, 2.24) is 15.3 Å². The number of aromatic nitrogens is 2. The van der Waals surface area contributed by atoms with Crippen molar-refractivity contribution in [2.24, 2.45) is 0 Å². The summed E-state index contributed by atoms with van der Waals surface area (Å²) in [6.45, 7) is 1.12. The number of hydrogen-bond acceptors (Lipinski definition) is 8. The van der Waals surface area contributed by atoms with E-state index in [2.05, 4.69) is 10.6 Å². The number of hydrogen-bond donors (Lipinski definition) is 4. The zero-order valence-electron chi connectivity index (χ0n) is 19.5. The monoisotopic (exact) mass is 482 g/mol. The van der Waals surface area contributed by atoms with Gasteiger partial charge in [-0.1, -0.05) is 24.3 Å². The smallest absolute Gasteiger partial charge is 0.258 e. The summed E-state index contributed by atoms with van der Waals surface area (Å²) in [5, 5.41) is 14.7. The van der Waals surface area contributed by atoms with Gasteiger partial charge in [0.15, 0.2) is 12.4 Å². The number of fused-ring (bicyclic) bond motifs is 1. The Morgan fingerprint density at radius 2 is 2.03 bits per heavy atom. The third-order valence-electron chi connectivity index (χ3n) is 5.87. The normalized spacial score (nSPS) is 14.9. The van der Waals surface area contributed by atoms with Gasteiger partial charge >= 0.3 is 0 Å². The van der Waals surface area contributed by atoms with Gasteiger partial charge in [0.1, 0.15) is 11.6 Å². The fraction of sp³-hybridized carbons (Fsp3) is 0.185. The molecule has 36 heavy (non-hydrogen) atoms. The van der Waals surface area contributed by atoms with Crippen molar-refractivity contribution in [3.63, 3.8) is 0 Å². The molecule has 1 aromatic heterocycles. The van der Waals surface area contributed by atoms with Gasteiger partial charge < -0.3 is 31.3 Å². The van der Waals surface area contributed by atoms with E-state index < -0.39 is 0 Å². The molecule has 1 fully saturated rings. The number of nitrogens with zero attached hydrogens (tertiary/aromatic N) is 2. The fourth-order valence-electron chi connectivity index (χ4n) is 4.01.